The van der Waals surface area contributed by atoms with Gasteiger partial charge in [0.1, 0.15) is 5.60 Å². The van der Waals surface area contributed by atoms with Crippen molar-refractivity contribution in [1.82, 2.24) is 15.1 Å². The summed E-state index contributed by atoms with van der Waals surface area (Å²) in [6.07, 6.45) is 2.99. The smallest absolute Gasteiger partial charge is 0.410 e. The number of unbranched alkanes of at least 4 members (excludes halogenated alkanes) is 2. The number of carbonyl (C=O) groups excluding carboxylic acids is 2. The van der Waals surface area contributed by atoms with Gasteiger partial charge in [-0.3, -0.25) is 0 Å². The van der Waals surface area contributed by atoms with Gasteiger partial charge in [0.2, 0.25) is 0 Å². The number of hydrogen-bond acceptors (Lipinski definition) is 3. The van der Waals surface area contributed by atoms with Crippen molar-refractivity contribution in [3.8, 4) is 0 Å². The second-order valence-corrected chi connectivity index (χ2v) is 6.39. The van der Waals surface area contributed by atoms with E-state index in [9.17, 15) is 9.59 Å². The molecule has 3 amide bonds. The quantitative estimate of drug-likeness (QED) is 0.811. The molecule has 122 valence electrons. The van der Waals surface area contributed by atoms with Crippen molar-refractivity contribution >= 4 is 12.1 Å². The lowest BCUT2D eigenvalue weighted by Gasteiger charge is -2.35. The first-order chi connectivity index (χ1) is 9.83. The standard InChI is InChI=1S/C15H29N3O3/c1-5-6-7-8-16-13(19)17-9-11-18(12-10-17)14(20)21-15(2,3)4/h5-12H2,1-4H3,(H,16,19). The summed E-state index contributed by atoms with van der Waals surface area (Å²) in [7, 11) is 0. The van der Waals surface area contributed by atoms with E-state index in [0.717, 1.165) is 25.8 Å². The third-order valence-electron chi connectivity index (χ3n) is 3.28. The minimum absolute atomic E-state index is 0.0325. The van der Waals surface area contributed by atoms with Crippen molar-refractivity contribution in [2.75, 3.05) is 32.7 Å². The van der Waals surface area contributed by atoms with Crippen molar-refractivity contribution < 1.29 is 14.3 Å². The molecule has 0 unspecified atom stereocenters. The van der Waals surface area contributed by atoms with Crippen LogP contribution >= 0.6 is 0 Å². The molecule has 0 atom stereocenters. The van der Waals surface area contributed by atoms with Gasteiger partial charge in [-0.05, 0) is 27.2 Å². The maximum Gasteiger partial charge on any atom is 0.410 e. The molecule has 1 saturated heterocycles. The molecule has 0 aromatic carbocycles. The van der Waals surface area contributed by atoms with Crippen molar-refractivity contribution in [1.29, 1.82) is 0 Å². The Kier molecular flexibility index (Phi) is 6.78. The highest BCUT2D eigenvalue weighted by Gasteiger charge is 2.27. The van der Waals surface area contributed by atoms with Crippen LogP contribution in [0.25, 0.3) is 0 Å². The Morgan fingerprint density at radius 2 is 1.62 bits per heavy atom. The largest absolute Gasteiger partial charge is 0.444 e. The molecule has 1 rings (SSSR count). The van der Waals surface area contributed by atoms with Crippen molar-refractivity contribution in [2.24, 2.45) is 0 Å². The van der Waals surface area contributed by atoms with E-state index in [1.54, 1.807) is 9.80 Å². The molecular weight excluding hydrogens is 270 g/mol. The summed E-state index contributed by atoms with van der Waals surface area (Å²) >= 11 is 0. The third kappa shape index (κ3) is 6.69. The summed E-state index contributed by atoms with van der Waals surface area (Å²) in [6.45, 7) is 10.6. The molecule has 0 saturated carbocycles. The number of piperazine rings is 1. The molecule has 1 aliphatic rings. The number of rotatable bonds is 4. The van der Waals surface area contributed by atoms with Crippen LogP contribution in [0.2, 0.25) is 0 Å². The Morgan fingerprint density at radius 1 is 1.05 bits per heavy atom. The molecule has 0 aromatic heterocycles. The fourth-order valence-corrected chi connectivity index (χ4v) is 2.10. The van der Waals surface area contributed by atoms with Gasteiger partial charge in [-0.2, -0.15) is 0 Å². The Balaban J connectivity index is 2.28. The fraction of sp³-hybridized carbons (Fsp3) is 0.867. The van der Waals surface area contributed by atoms with Crippen LogP contribution in [0.4, 0.5) is 9.59 Å². The van der Waals surface area contributed by atoms with Crippen LogP contribution in [-0.4, -0.2) is 60.2 Å². The number of amides is 3. The third-order valence-corrected chi connectivity index (χ3v) is 3.28. The summed E-state index contributed by atoms with van der Waals surface area (Å²) in [6, 6.07) is -0.0325. The average molecular weight is 299 g/mol. The molecule has 1 N–H and O–H groups in total. The molecule has 1 aliphatic heterocycles. The molecule has 0 spiro atoms. The summed E-state index contributed by atoms with van der Waals surface area (Å²) < 4.78 is 5.33. The zero-order chi connectivity index (χ0) is 15.9. The summed E-state index contributed by atoms with van der Waals surface area (Å²) in [5, 5.41) is 2.92. The normalized spacial score (nSPS) is 15.8. The SMILES string of the molecule is CCCCCNC(=O)N1CCN(C(=O)OC(C)(C)C)CC1. The minimum Gasteiger partial charge on any atom is -0.444 e. The van der Waals surface area contributed by atoms with Gasteiger partial charge in [0.15, 0.2) is 0 Å². The molecule has 0 aliphatic carbocycles. The molecule has 21 heavy (non-hydrogen) atoms. The van der Waals surface area contributed by atoms with Crippen LogP contribution in [0.3, 0.4) is 0 Å². The maximum atomic E-state index is 11.9. The average Bonchev–Trinajstić information content (AvgIpc) is 2.41. The molecular formula is C15H29N3O3. The van der Waals surface area contributed by atoms with E-state index in [2.05, 4.69) is 12.2 Å². The van der Waals surface area contributed by atoms with Crippen LogP contribution in [0.1, 0.15) is 47.0 Å². The van der Waals surface area contributed by atoms with Crippen LogP contribution in [0.5, 0.6) is 0 Å². The van der Waals surface area contributed by atoms with Gasteiger partial charge in [-0.25, -0.2) is 9.59 Å². The molecule has 0 bridgehead atoms. The lowest BCUT2D eigenvalue weighted by atomic mass is 10.2. The second kappa shape index (κ2) is 8.10. The summed E-state index contributed by atoms with van der Waals surface area (Å²) in [5.74, 6) is 0. The van der Waals surface area contributed by atoms with E-state index in [1.807, 2.05) is 20.8 Å². The van der Waals surface area contributed by atoms with E-state index < -0.39 is 5.60 Å². The van der Waals surface area contributed by atoms with E-state index in [-0.39, 0.29) is 12.1 Å². The van der Waals surface area contributed by atoms with Gasteiger partial charge in [0.05, 0.1) is 0 Å². The number of carbonyl (C=O) groups is 2. The number of ether oxygens (including phenoxy) is 1. The second-order valence-electron chi connectivity index (χ2n) is 6.39. The Labute approximate surface area is 127 Å². The zero-order valence-electron chi connectivity index (χ0n) is 13.8. The van der Waals surface area contributed by atoms with Gasteiger partial charge in [-0.15, -0.1) is 0 Å². The molecule has 6 heteroatoms. The van der Waals surface area contributed by atoms with Crippen molar-refractivity contribution in [3.05, 3.63) is 0 Å². The highest BCUT2D eigenvalue weighted by molar-refractivity contribution is 5.75. The molecule has 0 aromatic rings. The van der Waals surface area contributed by atoms with Gasteiger partial charge < -0.3 is 19.9 Å². The highest BCUT2D eigenvalue weighted by Crippen LogP contribution is 2.11. The first-order valence-corrected chi connectivity index (χ1v) is 7.84. The maximum absolute atomic E-state index is 11.9. The van der Waals surface area contributed by atoms with Crippen LogP contribution in [-0.2, 0) is 4.74 Å². The minimum atomic E-state index is -0.481. The highest BCUT2D eigenvalue weighted by atomic mass is 16.6. The van der Waals surface area contributed by atoms with E-state index in [0.29, 0.717) is 26.2 Å². The van der Waals surface area contributed by atoms with Crippen molar-refractivity contribution in [2.45, 2.75) is 52.6 Å². The Bertz CT molecular complexity index is 345. The first kappa shape index (κ1) is 17.6. The first-order valence-electron chi connectivity index (χ1n) is 7.84. The van der Waals surface area contributed by atoms with Gasteiger partial charge in [-0.1, -0.05) is 19.8 Å². The predicted octanol–water partition coefficient (Wildman–Crippen LogP) is 2.44. The lowest BCUT2D eigenvalue weighted by Crippen LogP contribution is -2.54. The van der Waals surface area contributed by atoms with Crippen molar-refractivity contribution in [3.63, 3.8) is 0 Å². The van der Waals surface area contributed by atoms with E-state index >= 15 is 0 Å². The van der Waals surface area contributed by atoms with Gasteiger partial charge in [0.25, 0.3) is 0 Å². The summed E-state index contributed by atoms with van der Waals surface area (Å²) in [4.78, 5) is 27.3. The number of nitrogens with zero attached hydrogens (tertiary/aromatic N) is 2. The van der Waals surface area contributed by atoms with E-state index in [4.69, 9.17) is 4.74 Å². The van der Waals surface area contributed by atoms with Gasteiger partial charge >= 0.3 is 12.1 Å². The van der Waals surface area contributed by atoms with Gasteiger partial charge in [0, 0.05) is 32.7 Å². The van der Waals surface area contributed by atoms with E-state index in [1.165, 1.54) is 0 Å². The molecule has 6 nitrogen and oxygen atoms in total. The predicted molar refractivity (Wildman–Crippen MR) is 82.3 cm³/mol. The number of urea groups is 1. The van der Waals surface area contributed by atoms with Crippen LogP contribution in [0, 0.1) is 0 Å². The topological polar surface area (TPSA) is 61.9 Å². The number of hydrogen-bond donors (Lipinski definition) is 1. The fourth-order valence-electron chi connectivity index (χ4n) is 2.10. The summed E-state index contributed by atoms with van der Waals surface area (Å²) in [5.41, 5.74) is -0.481. The monoisotopic (exact) mass is 299 g/mol. The van der Waals surface area contributed by atoms with Crippen LogP contribution in [0.15, 0.2) is 0 Å². The lowest BCUT2D eigenvalue weighted by molar-refractivity contribution is 0.0170. The Hall–Kier alpha value is -1.46. The number of nitrogens with one attached hydrogen (secondary N) is 1. The zero-order valence-corrected chi connectivity index (χ0v) is 13.8. The molecule has 0 radical (unpaired) electrons. The molecule has 1 fully saturated rings. The Morgan fingerprint density at radius 3 is 2.14 bits per heavy atom. The van der Waals surface area contributed by atoms with Crippen LogP contribution < -0.4 is 5.32 Å². The molecule has 1 heterocycles.